The second kappa shape index (κ2) is 13.1. The Balaban J connectivity index is 1.55. The summed E-state index contributed by atoms with van der Waals surface area (Å²) >= 11 is 6.37. The van der Waals surface area contributed by atoms with Crippen molar-refractivity contribution in [3.05, 3.63) is 87.5 Å². The number of carbonyl (C=O) groups is 2. The number of ether oxygens (including phenoxy) is 5. The Labute approximate surface area is 243 Å². The standard InChI is InChI=1S/C31H31ClN2O7/c1-19-22(17-40-28-13-12-21(15-35)29(33-28)37-3)8-6-10-25(19)26-11-7-9-23(20(26)2)18-41-30-27(32)14-24(16-36)31(34-30,38-4)39-5/h6-16,24H,17-18H2,1-5H3. The molecule has 41 heavy (non-hydrogen) atoms. The number of rotatable bonds is 11. The van der Waals surface area contributed by atoms with Crippen molar-refractivity contribution in [2.24, 2.45) is 10.9 Å². The second-order valence-electron chi connectivity index (χ2n) is 9.25. The lowest BCUT2D eigenvalue weighted by atomic mass is 9.92. The molecule has 0 amide bonds. The largest absolute Gasteiger partial charge is 0.480 e. The minimum atomic E-state index is -1.54. The molecule has 10 heteroatoms. The molecule has 1 unspecified atom stereocenters. The zero-order valence-electron chi connectivity index (χ0n) is 23.5. The van der Waals surface area contributed by atoms with Crippen LogP contribution in [-0.4, -0.2) is 50.7 Å². The van der Waals surface area contributed by atoms with Crippen molar-refractivity contribution in [1.29, 1.82) is 0 Å². The highest BCUT2D eigenvalue weighted by molar-refractivity contribution is 6.42. The van der Waals surface area contributed by atoms with Crippen molar-refractivity contribution in [2.75, 3.05) is 21.3 Å². The molecule has 2 aromatic carbocycles. The van der Waals surface area contributed by atoms with Crippen LogP contribution in [0.25, 0.3) is 11.1 Å². The van der Waals surface area contributed by atoms with E-state index in [4.69, 9.17) is 35.3 Å². The van der Waals surface area contributed by atoms with Crippen LogP contribution in [-0.2, 0) is 32.2 Å². The van der Waals surface area contributed by atoms with Gasteiger partial charge in [-0.2, -0.15) is 9.98 Å². The highest BCUT2D eigenvalue weighted by atomic mass is 35.5. The molecule has 0 saturated carbocycles. The van der Waals surface area contributed by atoms with Crippen molar-refractivity contribution in [2.45, 2.75) is 33.0 Å². The normalized spacial score (nSPS) is 15.9. The van der Waals surface area contributed by atoms with Crippen LogP contribution in [0.2, 0.25) is 0 Å². The number of nitrogens with zero attached hydrogens (tertiary/aromatic N) is 2. The highest BCUT2D eigenvalue weighted by Gasteiger charge is 2.43. The predicted molar refractivity (Wildman–Crippen MR) is 154 cm³/mol. The first-order valence-corrected chi connectivity index (χ1v) is 13.1. The van der Waals surface area contributed by atoms with E-state index in [1.165, 1.54) is 27.4 Å². The molecule has 0 radical (unpaired) electrons. The smallest absolute Gasteiger partial charge is 0.285 e. The van der Waals surface area contributed by atoms with Crippen molar-refractivity contribution >= 4 is 30.1 Å². The zero-order valence-corrected chi connectivity index (χ0v) is 24.2. The van der Waals surface area contributed by atoms with Crippen LogP contribution in [0.4, 0.5) is 0 Å². The maximum atomic E-state index is 11.6. The van der Waals surface area contributed by atoms with E-state index in [-0.39, 0.29) is 30.0 Å². The lowest BCUT2D eigenvalue weighted by Crippen LogP contribution is -2.43. The first-order chi connectivity index (χ1) is 19.8. The quantitative estimate of drug-likeness (QED) is 0.214. The second-order valence-corrected chi connectivity index (χ2v) is 9.66. The Kier molecular flexibility index (Phi) is 9.54. The maximum absolute atomic E-state index is 11.6. The van der Waals surface area contributed by atoms with Crippen LogP contribution in [0.3, 0.4) is 0 Å². The lowest BCUT2D eigenvalue weighted by Gasteiger charge is -2.33. The van der Waals surface area contributed by atoms with E-state index in [2.05, 4.69) is 22.1 Å². The number of dihydropyridines is 1. The van der Waals surface area contributed by atoms with Gasteiger partial charge in [-0.15, -0.1) is 0 Å². The monoisotopic (exact) mass is 578 g/mol. The molecule has 3 aromatic rings. The molecule has 0 bridgehead atoms. The van der Waals surface area contributed by atoms with Gasteiger partial charge in [-0.25, -0.2) is 0 Å². The number of hydrogen-bond acceptors (Lipinski definition) is 9. The summed E-state index contributed by atoms with van der Waals surface area (Å²) in [5.74, 6) is -1.65. The van der Waals surface area contributed by atoms with Gasteiger partial charge in [0.05, 0.1) is 17.7 Å². The summed E-state index contributed by atoms with van der Waals surface area (Å²) in [6, 6.07) is 15.3. The Morgan fingerprint density at radius 3 is 2.02 bits per heavy atom. The third-order valence-electron chi connectivity index (χ3n) is 7.05. The SMILES string of the molecule is COc1nc(OCc2cccc(-c3cccc(COC4=NC(OC)(OC)C(C=O)C=C4Cl)c3C)c2C)ccc1C=O. The van der Waals surface area contributed by atoms with Gasteiger partial charge in [0.1, 0.15) is 25.4 Å². The summed E-state index contributed by atoms with van der Waals surface area (Å²) in [7, 11) is 4.26. The summed E-state index contributed by atoms with van der Waals surface area (Å²) in [6.07, 6.45) is 2.86. The molecule has 1 aliphatic rings. The Hall–Kier alpha value is -4.05. The zero-order chi connectivity index (χ0) is 29.6. The molecular weight excluding hydrogens is 548 g/mol. The van der Waals surface area contributed by atoms with Crippen LogP contribution in [0, 0.1) is 19.8 Å². The molecular formula is C31H31ClN2O7. The third kappa shape index (κ3) is 6.17. The van der Waals surface area contributed by atoms with Crippen LogP contribution in [0.1, 0.15) is 32.6 Å². The van der Waals surface area contributed by atoms with Crippen LogP contribution in [0.5, 0.6) is 11.8 Å². The van der Waals surface area contributed by atoms with Crippen molar-refractivity contribution in [1.82, 2.24) is 4.98 Å². The van der Waals surface area contributed by atoms with E-state index < -0.39 is 11.8 Å². The molecule has 214 valence electrons. The number of carbonyl (C=O) groups excluding carboxylic acids is 2. The van der Waals surface area contributed by atoms with Gasteiger partial charge in [-0.1, -0.05) is 48.0 Å². The van der Waals surface area contributed by atoms with Gasteiger partial charge < -0.3 is 28.5 Å². The molecule has 0 fully saturated rings. The first-order valence-electron chi connectivity index (χ1n) is 12.8. The first kappa shape index (κ1) is 29.9. The molecule has 4 rings (SSSR count). The van der Waals surface area contributed by atoms with Crippen molar-refractivity contribution in [3.63, 3.8) is 0 Å². The van der Waals surface area contributed by atoms with E-state index in [1.807, 2.05) is 38.1 Å². The fourth-order valence-corrected chi connectivity index (χ4v) is 4.84. The number of benzene rings is 2. The van der Waals surface area contributed by atoms with Crippen molar-refractivity contribution < 1.29 is 33.3 Å². The maximum Gasteiger partial charge on any atom is 0.285 e. The summed E-state index contributed by atoms with van der Waals surface area (Å²) in [5, 5.41) is 0.206. The summed E-state index contributed by atoms with van der Waals surface area (Å²) in [6.45, 7) is 4.54. The number of aliphatic imine (C=N–C) groups is 1. The summed E-state index contributed by atoms with van der Waals surface area (Å²) < 4.78 is 27.9. The van der Waals surface area contributed by atoms with E-state index in [0.29, 0.717) is 24.0 Å². The van der Waals surface area contributed by atoms with Gasteiger partial charge >= 0.3 is 0 Å². The average Bonchev–Trinajstić information content (AvgIpc) is 3.00. The Bertz CT molecular complexity index is 1500. The van der Waals surface area contributed by atoms with E-state index in [1.54, 1.807) is 12.1 Å². The summed E-state index contributed by atoms with van der Waals surface area (Å²) in [5.41, 5.74) is 6.43. The molecule has 1 aromatic heterocycles. The van der Waals surface area contributed by atoms with Crippen LogP contribution >= 0.6 is 11.6 Å². The van der Waals surface area contributed by atoms with Gasteiger partial charge in [-0.3, -0.25) is 4.79 Å². The van der Waals surface area contributed by atoms with E-state index >= 15 is 0 Å². The van der Waals surface area contributed by atoms with E-state index in [0.717, 1.165) is 33.4 Å². The molecule has 0 spiro atoms. The predicted octanol–water partition coefficient (Wildman–Crippen LogP) is 5.58. The minimum Gasteiger partial charge on any atom is -0.480 e. The summed E-state index contributed by atoms with van der Waals surface area (Å²) in [4.78, 5) is 31.3. The number of aldehydes is 2. The fraction of sp³-hybridized carbons (Fsp3) is 0.290. The van der Waals surface area contributed by atoms with Crippen molar-refractivity contribution in [3.8, 4) is 22.9 Å². The third-order valence-corrected chi connectivity index (χ3v) is 7.33. The Morgan fingerprint density at radius 2 is 1.49 bits per heavy atom. The molecule has 2 heterocycles. The highest BCUT2D eigenvalue weighted by Crippen LogP contribution is 2.34. The minimum absolute atomic E-state index is 0.125. The topological polar surface area (TPSA) is 106 Å². The fourth-order valence-electron chi connectivity index (χ4n) is 4.61. The lowest BCUT2D eigenvalue weighted by molar-refractivity contribution is -0.220. The van der Waals surface area contributed by atoms with Crippen LogP contribution in [0.15, 0.2) is 64.6 Å². The molecule has 1 atom stereocenters. The molecule has 1 aliphatic heterocycles. The van der Waals surface area contributed by atoms with Gasteiger partial charge in [0.2, 0.25) is 17.7 Å². The van der Waals surface area contributed by atoms with Gasteiger partial charge in [0.15, 0.2) is 6.29 Å². The van der Waals surface area contributed by atoms with Gasteiger partial charge in [-0.05, 0) is 59.4 Å². The number of hydrogen-bond donors (Lipinski definition) is 0. The number of pyridine rings is 1. The number of methoxy groups -OCH3 is 3. The molecule has 0 aliphatic carbocycles. The molecule has 0 saturated heterocycles. The number of aromatic nitrogens is 1. The van der Waals surface area contributed by atoms with Gasteiger partial charge in [0, 0.05) is 20.3 Å². The van der Waals surface area contributed by atoms with Crippen LogP contribution < -0.4 is 9.47 Å². The molecule has 9 nitrogen and oxygen atoms in total. The van der Waals surface area contributed by atoms with E-state index in [9.17, 15) is 9.59 Å². The number of halogens is 1. The average molecular weight is 579 g/mol. The van der Waals surface area contributed by atoms with Gasteiger partial charge in [0.25, 0.3) is 5.91 Å². The Morgan fingerprint density at radius 1 is 0.878 bits per heavy atom. The molecule has 0 N–H and O–H groups in total.